The molecule has 0 radical (unpaired) electrons. The molecule has 1 aromatic rings. The molecule has 114 valence electrons. The van der Waals surface area contributed by atoms with Crippen molar-refractivity contribution in [1.82, 2.24) is 0 Å². The molecule has 20 heavy (non-hydrogen) atoms. The van der Waals surface area contributed by atoms with Crippen LogP contribution in [0.25, 0.3) is 0 Å². The largest absolute Gasteiger partial charge is 0.487 e. The van der Waals surface area contributed by atoms with Crippen LogP contribution in [0.2, 0.25) is 0 Å². The second-order valence-corrected chi connectivity index (χ2v) is 4.95. The Labute approximate surface area is 116 Å². The van der Waals surface area contributed by atoms with Gasteiger partial charge in [0.25, 0.3) is 0 Å². The van der Waals surface area contributed by atoms with Crippen molar-refractivity contribution in [3.8, 4) is 11.5 Å². The van der Waals surface area contributed by atoms with Crippen molar-refractivity contribution in [2.45, 2.75) is 52.2 Å². The number of hydrogen-bond donors (Lipinski definition) is 1. The summed E-state index contributed by atoms with van der Waals surface area (Å²) in [6.45, 7) is 6.89. The molecule has 0 aliphatic carbocycles. The first-order chi connectivity index (χ1) is 9.12. The third-order valence-electron chi connectivity index (χ3n) is 2.33. The van der Waals surface area contributed by atoms with Crippen LogP contribution >= 0.6 is 0 Å². The molecule has 0 spiro atoms. The molecular formula is C14H19F3O3. The lowest BCUT2D eigenvalue weighted by molar-refractivity contribution is -0.207. The van der Waals surface area contributed by atoms with E-state index >= 15 is 0 Å². The summed E-state index contributed by atoms with van der Waals surface area (Å²) in [6, 6.07) is 4.10. The van der Waals surface area contributed by atoms with Crippen LogP contribution in [-0.4, -0.2) is 23.5 Å². The van der Waals surface area contributed by atoms with E-state index in [0.29, 0.717) is 0 Å². The molecule has 1 unspecified atom stereocenters. The predicted molar refractivity (Wildman–Crippen MR) is 69.0 cm³/mol. The highest BCUT2D eigenvalue weighted by Gasteiger charge is 2.41. The second-order valence-electron chi connectivity index (χ2n) is 4.95. The Bertz CT molecular complexity index is 442. The van der Waals surface area contributed by atoms with Gasteiger partial charge in [0.2, 0.25) is 0 Å². The van der Waals surface area contributed by atoms with Gasteiger partial charge < -0.3 is 14.6 Å². The quantitative estimate of drug-likeness (QED) is 0.895. The summed E-state index contributed by atoms with van der Waals surface area (Å²) in [5.74, 6) is 0.121. The van der Waals surface area contributed by atoms with Crippen LogP contribution in [0.5, 0.6) is 11.5 Å². The van der Waals surface area contributed by atoms with Gasteiger partial charge in [-0.15, -0.1) is 0 Å². The van der Waals surface area contributed by atoms with Crippen LogP contribution in [0.15, 0.2) is 18.2 Å². The maximum Gasteiger partial charge on any atom is 0.418 e. The zero-order valence-corrected chi connectivity index (χ0v) is 11.9. The summed E-state index contributed by atoms with van der Waals surface area (Å²) in [6.07, 6.45) is -7.92. The Hall–Kier alpha value is -1.43. The van der Waals surface area contributed by atoms with Crippen molar-refractivity contribution < 1.29 is 27.8 Å². The molecule has 0 saturated carbocycles. The fourth-order valence-electron chi connectivity index (χ4n) is 1.63. The smallest absolute Gasteiger partial charge is 0.418 e. The Morgan fingerprint density at radius 1 is 1.00 bits per heavy atom. The van der Waals surface area contributed by atoms with E-state index < -0.39 is 12.3 Å². The molecule has 0 heterocycles. The van der Waals surface area contributed by atoms with E-state index in [4.69, 9.17) is 9.47 Å². The third-order valence-corrected chi connectivity index (χ3v) is 2.33. The van der Waals surface area contributed by atoms with Gasteiger partial charge in [0, 0.05) is 5.56 Å². The topological polar surface area (TPSA) is 38.7 Å². The van der Waals surface area contributed by atoms with Crippen LogP contribution in [-0.2, 0) is 0 Å². The molecule has 0 aliphatic rings. The minimum absolute atomic E-state index is 0.0685. The zero-order chi connectivity index (χ0) is 15.5. The van der Waals surface area contributed by atoms with Gasteiger partial charge in [0.15, 0.2) is 17.6 Å². The molecule has 1 N–H and O–H groups in total. The van der Waals surface area contributed by atoms with Crippen LogP contribution < -0.4 is 9.47 Å². The minimum Gasteiger partial charge on any atom is -0.487 e. The van der Waals surface area contributed by atoms with Crippen molar-refractivity contribution in [2.24, 2.45) is 0 Å². The molecule has 0 fully saturated rings. The highest BCUT2D eigenvalue weighted by molar-refractivity contribution is 5.48. The van der Waals surface area contributed by atoms with Crippen LogP contribution in [0.4, 0.5) is 13.2 Å². The lowest BCUT2D eigenvalue weighted by Gasteiger charge is -2.23. The highest BCUT2D eigenvalue weighted by atomic mass is 19.4. The summed E-state index contributed by atoms with van der Waals surface area (Å²) in [7, 11) is 0. The van der Waals surface area contributed by atoms with Crippen molar-refractivity contribution in [3.63, 3.8) is 0 Å². The number of para-hydroxylation sites is 1. The first kappa shape index (κ1) is 16.6. The number of aliphatic hydroxyl groups is 1. The number of hydrogen-bond acceptors (Lipinski definition) is 3. The average molecular weight is 292 g/mol. The summed E-state index contributed by atoms with van der Waals surface area (Å²) < 4.78 is 49.0. The Balaban J connectivity index is 3.28. The van der Waals surface area contributed by atoms with Crippen LogP contribution in [0, 0.1) is 0 Å². The van der Waals surface area contributed by atoms with Crippen LogP contribution in [0.3, 0.4) is 0 Å². The fourth-order valence-corrected chi connectivity index (χ4v) is 1.63. The van der Waals surface area contributed by atoms with E-state index in [0.717, 1.165) is 0 Å². The molecular weight excluding hydrogens is 273 g/mol. The van der Waals surface area contributed by atoms with Gasteiger partial charge in [0.1, 0.15) is 0 Å². The molecule has 1 rings (SSSR count). The molecule has 0 aromatic heterocycles. The first-order valence-corrected chi connectivity index (χ1v) is 6.34. The van der Waals surface area contributed by atoms with Gasteiger partial charge in [-0.05, 0) is 33.8 Å². The fraction of sp³-hybridized carbons (Fsp3) is 0.571. The Kier molecular flexibility index (Phi) is 5.28. The molecule has 3 nitrogen and oxygen atoms in total. The number of halogens is 3. The first-order valence-electron chi connectivity index (χ1n) is 6.34. The van der Waals surface area contributed by atoms with Gasteiger partial charge in [-0.25, -0.2) is 0 Å². The van der Waals surface area contributed by atoms with Gasteiger partial charge >= 0.3 is 6.18 Å². The third kappa shape index (κ3) is 4.30. The van der Waals surface area contributed by atoms with Gasteiger partial charge in [0.05, 0.1) is 12.2 Å². The number of rotatable bonds is 5. The molecule has 0 aliphatic heterocycles. The van der Waals surface area contributed by atoms with Gasteiger partial charge in [-0.1, -0.05) is 12.1 Å². The highest BCUT2D eigenvalue weighted by Crippen LogP contribution is 2.42. The van der Waals surface area contributed by atoms with Gasteiger partial charge in [-0.2, -0.15) is 13.2 Å². The van der Waals surface area contributed by atoms with E-state index in [-0.39, 0.29) is 29.3 Å². The standard InChI is InChI=1S/C14H19F3O3/c1-8(2)19-11-7-5-6-10(12(11)20-9(3)4)13(18)14(15,16)17/h5-9,13,18H,1-4H3. The lowest BCUT2D eigenvalue weighted by atomic mass is 10.1. The normalized spacial score (nSPS) is 13.7. The van der Waals surface area contributed by atoms with E-state index in [1.54, 1.807) is 27.7 Å². The summed E-state index contributed by atoms with van der Waals surface area (Å²) >= 11 is 0. The van der Waals surface area contributed by atoms with E-state index in [9.17, 15) is 18.3 Å². The minimum atomic E-state index is -4.76. The number of alkyl halides is 3. The molecule has 0 saturated heterocycles. The molecule has 0 bridgehead atoms. The molecule has 1 atom stereocenters. The van der Waals surface area contributed by atoms with Crippen molar-refractivity contribution in [2.75, 3.05) is 0 Å². The van der Waals surface area contributed by atoms with Crippen molar-refractivity contribution >= 4 is 0 Å². The van der Waals surface area contributed by atoms with Crippen molar-refractivity contribution in [3.05, 3.63) is 23.8 Å². The average Bonchev–Trinajstić information content (AvgIpc) is 2.28. The van der Waals surface area contributed by atoms with E-state index in [2.05, 4.69) is 0 Å². The van der Waals surface area contributed by atoms with E-state index in [1.165, 1.54) is 18.2 Å². The Morgan fingerprint density at radius 2 is 1.55 bits per heavy atom. The van der Waals surface area contributed by atoms with E-state index in [1.807, 2.05) is 0 Å². The summed E-state index contributed by atoms with van der Waals surface area (Å²) in [4.78, 5) is 0. The summed E-state index contributed by atoms with van der Waals surface area (Å²) in [5, 5.41) is 9.45. The van der Waals surface area contributed by atoms with Crippen molar-refractivity contribution in [1.29, 1.82) is 0 Å². The van der Waals surface area contributed by atoms with Gasteiger partial charge in [-0.3, -0.25) is 0 Å². The SMILES string of the molecule is CC(C)Oc1cccc(C(O)C(F)(F)F)c1OC(C)C. The Morgan fingerprint density at radius 3 is 2.00 bits per heavy atom. The summed E-state index contributed by atoms with van der Waals surface area (Å²) in [5.41, 5.74) is -0.343. The maximum absolute atomic E-state index is 12.7. The molecule has 1 aromatic carbocycles. The molecule has 0 amide bonds. The monoisotopic (exact) mass is 292 g/mol. The predicted octanol–water partition coefficient (Wildman–Crippen LogP) is 3.86. The number of benzene rings is 1. The van der Waals surface area contributed by atoms with Crippen LogP contribution in [0.1, 0.15) is 39.4 Å². The lowest BCUT2D eigenvalue weighted by Crippen LogP contribution is -2.22. The zero-order valence-electron chi connectivity index (χ0n) is 11.9. The number of ether oxygens (including phenoxy) is 2. The maximum atomic E-state index is 12.7. The number of aliphatic hydroxyl groups excluding tert-OH is 1. The molecule has 6 heteroatoms. The second kappa shape index (κ2) is 6.35.